The van der Waals surface area contributed by atoms with Crippen LogP contribution in [0.1, 0.15) is 28.4 Å². The Bertz CT molecular complexity index is 988. The minimum atomic E-state index is -0.525. The monoisotopic (exact) mass is 461 g/mol. The molecule has 1 aromatic heterocycles. The fourth-order valence-electron chi connectivity index (χ4n) is 2.64. The number of methoxy groups -OCH3 is 1. The third-order valence-corrected chi connectivity index (χ3v) is 4.86. The minimum absolute atomic E-state index is 0.0201. The summed E-state index contributed by atoms with van der Waals surface area (Å²) in [4.78, 5) is 24.5. The number of ether oxygens (including phenoxy) is 1. The predicted octanol–water partition coefficient (Wildman–Crippen LogP) is 4.32. The molecular weight excluding hydrogens is 446 g/mol. The van der Waals surface area contributed by atoms with Crippen LogP contribution in [0, 0.1) is 0 Å². The third kappa shape index (κ3) is 4.99. The van der Waals surface area contributed by atoms with Crippen molar-refractivity contribution in [3.8, 4) is 5.69 Å². The summed E-state index contributed by atoms with van der Waals surface area (Å²) in [5.74, 6) is -0.757. The van der Waals surface area contributed by atoms with E-state index in [4.69, 9.17) is 16.3 Å². The molecule has 0 aliphatic carbocycles. The Balaban J connectivity index is 1.80. The summed E-state index contributed by atoms with van der Waals surface area (Å²) < 4.78 is 7.23. The molecule has 6 nitrogen and oxygen atoms in total. The van der Waals surface area contributed by atoms with Gasteiger partial charge in [-0.15, -0.1) is 0 Å². The van der Waals surface area contributed by atoms with Crippen LogP contribution in [0.25, 0.3) is 5.69 Å². The molecule has 2 aromatic carbocycles. The van der Waals surface area contributed by atoms with Gasteiger partial charge in [0.25, 0.3) is 5.91 Å². The molecule has 0 radical (unpaired) electrons. The van der Waals surface area contributed by atoms with Crippen molar-refractivity contribution in [2.45, 2.75) is 12.5 Å². The Morgan fingerprint density at radius 2 is 2.00 bits per heavy atom. The molecule has 28 heavy (non-hydrogen) atoms. The molecule has 0 aliphatic rings. The number of halogens is 2. The molecule has 8 heteroatoms. The predicted molar refractivity (Wildman–Crippen MR) is 110 cm³/mol. The first kappa shape index (κ1) is 20.1. The van der Waals surface area contributed by atoms with E-state index in [0.29, 0.717) is 10.6 Å². The largest absolute Gasteiger partial charge is 0.469 e. The molecule has 0 fully saturated rings. The van der Waals surface area contributed by atoms with Crippen molar-refractivity contribution >= 4 is 39.4 Å². The highest BCUT2D eigenvalue weighted by molar-refractivity contribution is 9.10. The fraction of sp³-hybridized carbons (Fsp3) is 0.150. The van der Waals surface area contributed by atoms with Gasteiger partial charge in [0, 0.05) is 15.7 Å². The van der Waals surface area contributed by atoms with Crippen molar-refractivity contribution in [1.29, 1.82) is 0 Å². The number of rotatable bonds is 6. The molecule has 1 atom stereocenters. The Kier molecular flexibility index (Phi) is 6.49. The smallest absolute Gasteiger partial charge is 0.307 e. The van der Waals surface area contributed by atoms with Crippen LogP contribution < -0.4 is 5.32 Å². The first-order valence-electron chi connectivity index (χ1n) is 8.40. The van der Waals surface area contributed by atoms with Crippen LogP contribution in [0.3, 0.4) is 0 Å². The van der Waals surface area contributed by atoms with Gasteiger partial charge < -0.3 is 10.1 Å². The number of nitrogens with one attached hydrogen (secondary N) is 1. The summed E-state index contributed by atoms with van der Waals surface area (Å²) in [6, 6.07) is 14.0. The van der Waals surface area contributed by atoms with E-state index in [1.54, 1.807) is 29.1 Å². The summed E-state index contributed by atoms with van der Waals surface area (Å²) in [5, 5.41) is 7.67. The number of esters is 1. The summed E-state index contributed by atoms with van der Waals surface area (Å²) in [7, 11) is 1.32. The Morgan fingerprint density at radius 1 is 1.25 bits per heavy atom. The van der Waals surface area contributed by atoms with Gasteiger partial charge in [-0.3, -0.25) is 9.59 Å². The van der Waals surface area contributed by atoms with Crippen LogP contribution in [-0.2, 0) is 9.53 Å². The van der Waals surface area contributed by atoms with Crippen molar-refractivity contribution in [2.75, 3.05) is 7.11 Å². The van der Waals surface area contributed by atoms with Gasteiger partial charge in [-0.05, 0) is 35.9 Å². The zero-order chi connectivity index (χ0) is 20.1. The highest BCUT2D eigenvalue weighted by atomic mass is 79.9. The van der Waals surface area contributed by atoms with Crippen molar-refractivity contribution in [3.05, 3.63) is 81.5 Å². The number of hydrogen-bond acceptors (Lipinski definition) is 4. The lowest BCUT2D eigenvalue weighted by Crippen LogP contribution is -2.30. The molecule has 3 aromatic rings. The molecule has 0 saturated heterocycles. The van der Waals surface area contributed by atoms with E-state index in [1.165, 1.54) is 13.3 Å². The highest BCUT2D eigenvalue weighted by Gasteiger charge is 2.20. The van der Waals surface area contributed by atoms with E-state index in [1.807, 2.05) is 30.3 Å². The van der Waals surface area contributed by atoms with Gasteiger partial charge in [0.05, 0.1) is 37.0 Å². The van der Waals surface area contributed by atoms with Gasteiger partial charge in [-0.25, -0.2) is 4.68 Å². The molecule has 144 valence electrons. The Morgan fingerprint density at radius 3 is 2.68 bits per heavy atom. The fourth-order valence-corrected chi connectivity index (χ4v) is 3.09. The lowest BCUT2D eigenvalue weighted by Gasteiger charge is -2.18. The van der Waals surface area contributed by atoms with E-state index < -0.39 is 12.0 Å². The molecule has 0 spiro atoms. The minimum Gasteiger partial charge on any atom is -0.469 e. The molecule has 3 rings (SSSR count). The lowest BCUT2D eigenvalue weighted by molar-refractivity contribution is -0.141. The van der Waals surface area contributed by atoms with Gasteiger partial charge in [0.15, 0.2) is 0 Å². The molecule has 0 aliphatic heterocycles. The summed E-state index contributed by atoms with van der Waals surface area (Å²) >= 11 is 9.38. The molecule has 1 unspecified atom stereocenters. The number of benzene rings is 2. The highest BCUT2D eigenvalue weighted by Crippen LogP contribution is 2.21. The number of carbonyl (C=O) groups excluding carboxylic acids is 2. The Labute approximate surface area is 175 Å². The molecule has 1 N–H and O–H groups in total. The van der Waals surface area contributed by atoms with Crippen LogP contribution >= 0.6 is 27.5 Å². The normalized spacial score (nSPS) is 11.7. The SMILES string of the molecule is COC(=O)CC(NC(=O)c1cnn(-c2cccc(Cl)c2)c1)c1ccc(Br)cc1. The number of amides is 1. The second-order valence-corrected chi connectivity index (χ2v) is 7.36. The van der Waals surface area contributed by atoms with Crippen LogP contribution in [0.2, 0.25) is 5.02 Å². The van der Waals surface area contributed by atoms with Gasteiger partial charge in [0.1, 0.15) is 0 Å². The van der Waals surface area contributed by atoms with Crippen LogP contribution in [0.5, 0.6) is 0 Å². The van der Waals surface area contributed by atoms with Gasteiger partial charge >= 0.3 is 5.97 Å². The second-order valence-electron chi connectivity index (χ2n) is 6.01. The van der Waals surface area contributed by atoms with Crippen molar-refractivity contribution in [3.63, 3.8) is 0 Å². The van der Waals surface area contributed by atoms with E-state index in [0.717, 1.165) is 15.7 Å². The average Bonchev–Trinajstić information content (AvgIpc) is 3.18. The number of carbonyl (C=O) groups is 2. The third-order valence-electron chi connectivity index (χ3n) is 4.09. The quantitative estimate of drug-likeness (QED) is 0.554. The maximum absolute atomic E-state index is 12.7. The molecule has 0 bridgehead atoms. The lowest BCUT2D eigenvalue weighted by atomic mass is 10.0. The summed E-state index contributed by atoms with van der Waals surface area (Å²) in [5.41, 5.74) is 1.90. The zero-order valence-electron chi connectivity index (χ0n) is 14.9. The van der Waals surface area contributed by atoms with E-state index in [9.17, 15) is 9.59 Å². The zero-order valence-corrected chi connectivity index (χ0v) is 17.3. The van der Waals surface area contributed by atoms with Crippen LogP contribution in [-0.4, -0.2) is 28.8 Å². The van der Waals surface area contributed by atoms with Gasteiger partial charge in [-0.1, -0.05) is 45.7 Å². The van der Waals surface area contributed by atoms with Gasteiger partial charge in [-0.2, -0.15) is 5.10 Å². The van der Waals surface area contributed by atoms with E-state index in [2.05, 4.69) is 26.3 Å². The summed E-state index contributed by atoms with van der Waals surface area (Å²) in [6.07, 6.45) is 3.09. The number of hydrogen-bond donors (Lipinski definition) is 1. The first-order chi connectivity index (χ1) is 13.5. The second kappa shape index (κ2) is 9.03. The van der Waals surface area contributed by atoms with Crippen molar-refractivity contribution in [1.82, 2.24) is 15.1 Å². The van der Waals surface area contributed by atoms with Gasteiger partial charge in [0.2, 0.25) is 0 Å². The summed E-state index contributed by atoms with van der Waals surface area (Å²) in [6.45, 7) is 0. The standard InChI is InChI=1S/C20H17BrClN3O3/c1-28-19(26)10-18(13-5-7-15(21)8-6-13)24-20(27)14-11-23-25(12-14)17-4-2-3-16(22)9-17/h2-9,11-12,18H,10H2,1H3,(H,24,27). The van der Waals surface area contributed by atoms with Crippen LogP contribution in [0.4, 0.5) is 0 Å². The molecular formula is C20H17BrClN3O3. The molecule has 1 amide bonds. The van der Waals surface area contributed by atoms with Crippen molar-refractivity contribution in [2.24, 2.45) is 0 Å². The number of aromatic nitrogens is 2. The molecule has 0 saturated carbocycles. The Hall–Kier alpha value is -2.64. The topological polar surface area (TPSA) is 73.2 Å². The van der Waals surface area contributed by atoms with E-state index in [-0.39, 0.29) is 12.3 Å². The van der Waals surface area contributed by atoms with Crippen LogP contribution in [0.15, 0.2) is 65.4 Å². The average molecular weight is 463 g/mol. The van der Waals surface area contributed by atoms with Crippen molar-refractivity contribution < 1.29 is 14.3 Å². The maximum atomic E-state index is 12.7. The molecule has 1 heterocycles. The maximum Gasteiger partial charge on any atom is 0.307 e. The first-order valence-corrected chi connectivity index (χ1v) is 9.57. The number of nitrogens with zero attached hydrogens (tertiary/aromatic N) is 2. The van der Waals surface area contributed by atoms with E-state index >= 15 is 0 Å².